The summed E-state index contributed by atoms with van der Waals surface area (Å²) in [6.45, 7) is 4.40. The van der Waals surface area contributed by atoms with E-state index < -0.39 is 0 Å². The van der Waals surface area contributed by atoms with E-state index in [-0.39, 0.29) is 5.91 Å². The fourth-order valence-corrected chi connectivity index (χ4v) is 2.79. The number of aryl methyl sites for hydroxylation is 2. The monoisotopic (exact) mass is 331 g/mol. The second kappa shape index (κ2) is 7.86. The Morgan fingerprint density at radius 2 is 2.00 bits per heavy atom. The van der Waals surface area contributed by atoms with Gasteiger partial charge in [-0.2, -0.15) is 5.10 Å². The zero-order valence-electron chi connectivity index (χ0n) is 15.0. The van der Waals surface area contributed by atoms with Crippen molar-refractivity contribution in [3.8, 4) is 11.5 Å². The van der Waals surface area contributed by atoms with Gasteiger partial charge < -0.3 is 14.8 Å². The normalized spacial score (nSPS) is 10.5. The number of carbonyl (C=O) groups excluding carboxylic acids is 1. The van der Waals surface area contributed by atoms with Crippen molar-refractivity contribution in [2.45, 2.75) is 33.2 Å². The summed E-state index contributed by atoms with van der Waals surface area (Å²) < 4.78 is 12.5. The maximum Gasteiger partial charge on any atom is 0.220 e. The molecule has 0 saturated heterocycles. The van der Waals surface area contributed by atoms with Crippen LogP contribution >= 0.6 is 0 Å². The molecule has 0 aliphatic rings. The molecule has 2 rings (SSSR count). The van der Waals surface area contributed by atoms with E-state index in [4.69, 9.17) is 9.47 Å². The maximum absolute atomic E-state index is 12.2. The summed E-state index contributed by atoms with van der Waals surface area (Å²) in [6.07, 6.45) is 1.12. The lowest BCUT2D eigenvalue weighted by atomic mass is 10.1. The van der Waals surface area contributed by atoms with Crippen molar-refractivity contribution in [2.75, 3.05) is 14.2 Å². The van der Waals surface area contributed by atoms with Crippen LogP contribution in [0.25, 0.3) is 0 Å². The van der Waals surface area contributed by atoms with E-state index in [1.54, 1.807) is 14.2 Å². The number of para-hydroxylation sites is 1. The molecule has 1 heterocycles. The van der Waals surface area contributed by atoms with Gasteiger partial charge in [-0.05, 0) is 31.9 Å². The smallest absolute Gasteiger partial charge is 0.220 e. The number of nitrogens with zero attached hydrogens (tertiary/aromatic N) is 2. The zero-order chi connectivity index (χ0) is 17.7. The van der Waals surface area contributed by atoms with Crippen LogP contribution in [0.5, 0.6) is 11.5 Å². The lowest BCUT2D eigenvalue weighted by molar-refractivity contribution is -0.121. The Labute approximate surface area is 142 Å². The molecule has 2 aromatic rings. The molecule has 6 heteroatoms. The third kappa shape index (κ3) is 3.88. The summed E-state index contributed by atoms with van der Waals surface area (Å²) in [4.78, 5) is 12.2. The first-order valence-electron chi connectivity index (χ1n) is 7.93. The molecule has 0 spiro atoms. The standard InChI is InChI=1S/C18H25N3O3/c1-12-15(13(2)21(3)20-12)9-10-17(22)19-11-14-7-6-8-16(23-4)18(14)24-5/h6-8H,9-11H2,1-5H3,(H,19,22). The first-order valence-corrected chi connectivity index (χ1v) is 7.93. The van der Waals surface area contributed by atoms with Crippen molar-refractivity contribution < 1.29 is 14.3 Å². The maximum atomic E-state index is 12.2. The van der Waals surface area contributed by atoms with Gasteiger partial charge in [0.15, 0.2) is 11.5 Å². The Morgan fingerprint density at radius 1 is 1.25 bits per heavy atom. The average Bonchev–Trinajstić information content (AvgIpc) is 2.82. The summed E-state index contributed by atoms with van der Waals surface area (Å²) in [5.41, 5.74) is 4.12. The Kier molecular flexibility index (Phi) is 5.84. The van der Waals surface area contributed by atoms with Crippen LogP contribution in [-0.2, 0) is 24.8 Å². The van der Waals surface area contributed by atoms with Crippen LogP contribution < -0.4 is 14.8 Å². The van der Waals surface area contributed by atoms with Crippen LogP contribution in [0.4, 0.5) is 0 Å². The second-order valence-corrected chi connectivity index (χ2v) is 5.70. The predicted octanol–water partition coefficient (Wildman–Crippen LogP) is 2.30. The number of amides is 1. The Hall–Kier alpha value is -2.50. The molecule has 0 unspecified atom stereocenters. The molecule has 0 fully saturated rings. The highest BCUT2D eigenvalue weighted by Crippen LogP contribution is 2.30. The van der Waals surface area contributed by atoms with Crippen molar-refractivity contribution in [3.05, 3.63) is 40.7 Å². The van der Waals surface area contributed by atoms with Crippen LogP contribution in [0.2, 0.25) is 0 Å². The molecule has 24 heavy (non-hydrogen) atoms. The SMILES string of the molecule is COc1cccc(CNC(=O)CCc2c(C)nn(C)c2C)c1OC. The summed E-state index contributed by atoms with van der Waals surface area (Å²) >= 11 is 0. The minimum atomic E-state index is 0.00234. The predicted molar refractivity (Wildman–Crippen MR) is 92.4 cm³/mol. The molecule has 1 N–H and O–H groups in total. The molecule has 0 aliphatic heterocycles. The largest absolute Gasteiger partial charge is 0.493 e. The highest BCUT2D eigenvalue weighted by atomic mass is 16.5. The first kappa shape index (κ1) is 17.8. The van der Waals surface area contributed by atoms with Gasteiger partial charge >= 0.3 is 0 Å². The molecule has 0 radical (unpaired) electrons. The van der Waals surface area contributed by atoms with Gasteiger partial charge in [-0.3, -0.25) is 9.48 Å². The highest BCUT2D eigenvalue weighted by Gasteiger charge is 2.13. The van der Waals surface area contributed by atoms with E-state index in [2.05, 4.69) is 10.4 Å². The number of ether oxygens (including phenoxy) is 2. The van der Waals surface area contributed by atoms with E-state index in [9.17, 15) is 4.79 Å². The van der Waals surface area contributed by atoms with E-state index in [0.717, 1.165) is 22.5 Å². The van der Waals surface area contributed by atoms with Crippen molar-refractivity contribution in [1.82, 2.24) is 15.1 Å². The van der Waals surface area contributed by atoms with E-state index in [1.165, 1.54) is 0 Å². The van der Waals surface area contributed by atoms with Crippen molar-refractivity contribution in [2.24, 2.45) is 7.05 Å². The Morgan fingerprint density at radius 3 is 2.58 bits per heavy atom. The molecule has 0 aliphatic carbocycles. The van der Waals surface area contributed by atoms with Gasteiger partial charge in [0.2, 0.25) is 5.91 Å². The number of methoxy groups -OCH3 is 2. The van der Waals surface area contributed by atoms with Crippen LogP contribution in [0.1, 0.15) is 28.9 Å². The van der Waals surface area contributed by atoms with E-state index in [1.807, 2.05) is 43.8 Å². The van der Waals surface area contributed by atoms with Crippen LogP contribution in [0, 0.1) is 13.8 Å². The summed E-state index contributed by atoms with van der Waals surface area (Å²) in [5, 5.41) is 7.32. The van der Waals surface area contributed by atoms with Crippen molar-refractivity contribution >= 4 is 5.91 Å². The van der Waals surface area contributed by atoms with Gasteiger partial charge in [-0.1, -0.05) is 12.1 Å². The minimum Gasteiger partial charge on any atom is -0.493 e. The third-order valence-electron chi connectivity index (χ3n) is 4.22. The number of hydrogen-bond acceptors (Lipinski definition) is 4. The van der Waals surface area contributed by atoms with E-state index >= 15 is 0 Å². The highest BCUT2D eigenvalue weighted by molar-refractivity contribution is 5.76. The fraction of sp³-hybridized carbons (Fsp3) is 0.444. The molecule has 0 bridgehead atoms. The topological polar surface area (TPSA) is 65.4 Å². The van der Waals surface area contributed by atoms with Crippen LogP contribution in [0.3, 0.4) is 0 Å². The molecular weight excluding hydrogens is 306 g/mol. The number of carbonyl (C=O) groups is 1. The van der Waals surface area contributed by atoms with Crippen LogP contribution in [0.15, 0.2) is 18.2 Å². The molecule has 1 aromatic heterocycles. The lowest BCUT2D eigenvalue weighted by Crippen LogP contribution is -2.23. The Bertz CT molecular complexity index is 723. The fourth-order valence-electron chi connectivity index (χ4n) is 2.79. The van der Waals surface area contributed by atoms with Gasteiger partial charge in [-0.25, -0.2) is 0 Å². The third-order valence-corrected chi connectivity index (χ3v) is 4.22. The van der Waals surface area contributed by atoms with Gasteiger partial charge in [0.25, 0.3) is 0 Å². The molecule has 6 nitrogen and oxygen atoms in total. The van der Waals surface area contributed by atoms with Gasteiger partial charge in [0.1, 0.15) is 0 Å². The molecule has 130 valence electrons. The molecule has 1 aromatic carbocycles. The first-order chi connectivity index (χ1) is 11.5. The number of hydrogen-bond donors (Lipinski definition) is 1. The Balaban J connectivity index is 1.94. The second-order valence-electron chi connectivity index (χ2n) is 5.70. The molecule has 1 amide bonds. The van der Waals surface area contributed by atoms with Gasteiger partial charge in [-0.15, -0.1) is 0 Å². The number of benzene rings is 1. The van der Waals surface area contributed by atoms with Gasteiger partial charge in [0.05, 0.1) is 19.9 Å². The zero-order valence-corrected chi connectivity index (χ0v) is 15.0. The molecule has 0 saturated carbocycles. The quantitative estimate of drug-likeness (QED) is 0.845. The number of aromatic nitrogens is 2. The van der Waals surface area contributed by atoms with Gasteiger partial charge in [0, 0.05) is 31.3 Å². The molecular formula is C18H25N3O3. The molecule has 0 atom stereocenters. The number of nitrogens with one attached hydrogen (secondary N) is 1. The van der Waals surface area contributed by atoms with Crippen LogP contribution in [-0.4, -0.2) is 29.9 Å². The van der Waals surface area contributed by atoms with E-state index in [0.29, 0.717) is 30.9 Å². The summed E-state index contributed by atoms with van der Waals surface area (Å²) in [7, 11) is 5.11. The minimum absolute atomic E-state index is 0.00234. The number of rotatable bonds is 7. The summed E-state index contributed by atoms with van der Waals surface area (Å²) in [5.74, 6) is 1.31. The van der Waals surface area contributed by atoms with Crippen molar-refractivity contribution in [1.29, 1.82) is 0 Å². The van der Waals surface area contributed by atoms with Crippen molar-refractivity contribution in [3.63, 3.8) is 0 Å². The lowest BCUT2D eigenvalue weighted by Gasteiger charge is -2.13. The average molecular weight is 331 g/mol. The summed E-state index contributed by atoms with van der Waals surface area (Å²) in [6, 6.07) is 5.63.